The van der Waals surface area contributed by atoms with E-state index in [1.165, 1.54) is 0 Å². The van der Waals surface area contributed by atoms with Crippen LogP contribution in [0.15, 0.2) is 35.7 Å². The summed E-state index contributed by atoms with van der Waals surface area (Å²) in [6.07, 6.45) is 1.13. The Bertz CT molecular complexity index is 1090. The summed E-state index contributed by atoms with van der Waals surface area (Å²) in [4.78, 5) is 16.4. The smallest absolute Gasteiger partial charge is 0.231 e. The molecule has 148 valence electrons. The van der Waals surface area contributed by atoms with E-state index in [0.29, 0.717) is 12.2 Å². The standard InChI is InChI=1S/C18H21N5O3S2/c1-12-16(13(2)23(21-12)15-7-5-4-6-8-15)10-19-17(24)9-14-11-27-18(20-14)22-28(3,25)26/h4-8,11H,9-10H2,1-3H3,(H,19,24)(H,20,22). The Labute approximate surface area is 167 Å². The van der Waals surface area contributed by atoms with E-state index in [1.807, 2.05) is 48.9 Å². The van der Waals surface area contributed by atoms with Crippen molar-refractivity contribution < 1.29 is 13.2 Å². The van der Waals surface area contributed by atoms with Crippen molar-refractivity contribution in [1.29, 1.82) is 0 Å². The molecule has 0 saturated heterocycles. The number of aryl methyl sites for hydroxylation is 1. The third-order valence-electron chi connectivity index (χ3n) is 4.07. The molecule has 0 radical (unpaired) electrons. The van der Waals surface area contributed by atoms with E-state index in [9.17, 15) is 13.2 Å². The van der Waals surface area contributed by atoms with E-state index in [0.717, 1.165) is 40.2 Å². The molecule has 0 spiro atoms. The minimum Gasteiger partial charge on any atom is -0.352 e. The molecular formula is C18H21N5O3S2. The first-order valence-electron chi connectivity index (χ1n) is 8.52. The van der Waals surface area contributed by atoms with Crippen LogP contribution < -0.4 is 10.0 Å². The van der Waals surface area contributed by atoms with Gasteiger partial charge in [-0.3, -0.25) is 9.52 Å². The molecular weight excluding hydrogens is 398 g/mol. The molecule has 2 N–H and O–H groups in total. The van der Waals surface area contributed by atoms with Crippen molar-refractivity contribution >= 4 is 32.4 Å². The average Bonchev–Trinajstić information content (AvgIpc) is 3.16. The Morgan fingerprint density at radius 1 is 1.21 bits per heavy atom. The summed E-state index contributed by atoms with van der Waals surface area (Å²) < 4.78 is 26.6. The van der Waals surface area contributed by atoms with E-state index >= 15 is 0 Å². The van der Waals surface area contributed by atoms with E-state index in [4.69, 9.17) is 0 Å². The van der Waals surface area contributed by atoms with E-state index in [2.05, 4.69) is 20.1 Å². The number of sulfonamides is 1. The summed E-state index contributed by atoms with van der Waals surface area (Å²) in [6.45, 7) is 4.25. The molecule has 28 heavy (non-hydrogen) atoms. The summed E-state index contributed by atoms with van der Waals surface area (Å²) >= 11 is 1.14. The molecule has 2 heterocycles. The second-order valence-corrected chi connectivity index (χ2v) is 8.98. The lowest BCUT2D eigenvalue weighted by Gasteiger charge is -2.07. The fourth-order valence-electron chi connectivity index (χ4n) is 2.76. The van der Waals surface area contributed by atoms with Crippen LogP contribution in [-0.2, 0) is 27.8 Å². The molecule has 0 unspecified atom stereocenters. The third-order valence-corrected chi connectivity index (χ3v) is 5.57. The van der Waals surface area contributed by atoms with Gasteiger partial charge in [-0.2, -0.15) is 5.10 Å². The van der Waals surface area contributed by atoms with Gasteiger partial charge in [-0.15, -0.1) is 11.3 Å². The highest BCUT2D eigenvalue weighted by Gasteiger charge is 2.15. The lowest BCUT2D eigenvalue weighted by molar-refractivity contribution is -0.120. The van der Waals surface area contributed by atoms with Gasteiger partial charge in [0.1, 0.15) is 0 Å². The normalized spacial score (nSPS) is 11.4. The maximum atomic E-state index is 12.3. The van der Waals surface area contributed by atoms with Crippen molar-refractivity contribution in [2.75, 3.05) is 11.0 Å². The minimum atomic E-state index is -3.38. The molecule has 0 bridgehead atoms. The number of nitrogens with zero attached hydrogens (tertiary/aromatic N) is 3. The van der Waals surface area contributed by atoms with Gasteiger partial charge in [0.25, 0.3) is 0 Å². The zero-order chi connectivity index (χ0) is 20.3. The SMILES string of the molecule is Cc1nn(-c2ccccc2)c(C)c1CNC(=O)Cc1csc(NS(C)(=O)=O)n1. The van der Waals surface area contributed by atoms with Crippen molar-refractivity contribution in [2.45, 2.75) is 26.8 Å². The molecule has 2 aromatic heterocycles. The maximum absolute atomic E-state index is 12.3. The number of carbonyl (C=O) groups excluding carboxylic acids is 1. The molecule has 3 aromatic rings. The van der Waals surface area contributed by atoms with Crippen LogP contribution in [0, 0.1) is 13.8 Å². The number of nitrogens with one attached hydrogen (secondary N) is 2. The molecule has 0 atom stereocenters. The quantitative estimate of drug-likeness (QED) is 0.611. The minimum absolute atomic E-state index is 0.0762. The zero-order valence-electron chi connectivity index (χ0n) is 15.8. The number of benzene rings is 1. The number of amides is 1. The molecule has 0 saturated carbocycles. The summed E-state index contributed by atoms with van der Waals surface area (Å²) in [7, 11) is -3.38. The molecule has 10 heteroatoms. The molecule has 3 rings (SSSR count). The maximum Gasteiger partial charge on any atom is 0.231 e. The van der Waals surface area contributed by atoms with Crippen LogP contribution in [-0.4, -0.2) is 35.3 Å². The average molecular weight is 420 g/mol. The van der Waals surface area contributed by atoms with Crippen LogP contribution in [0.25, 0.3) is 5.69 Å². The highest BCUT2D eigenvalue weighted by molar-refractivity contribution is 7.92. The van der Waals surface area contributed by atoms with Crippen LogP contribution in [0.1, 0.15) is 22.6 Å². The van der Waals surface area contributed by atoms with Crippen molar-refractivity contribution in [1.82, 2.24) is 20.1 Å². The molecule has 8 nitrogen and oxygen atoms in total. The highest BCUT2D eigenvalue weighted by Crippen LogP contribution is 2.19. The molecule has 1 aromatic carbocycles. The van der Waals surface area contributed by atoms with Crippen molar-refractivity contribution in [3.05, 3.63) is 58.4 Å². The van der Waals surface area contributed by atoms with Gasteiger partial charge in [0, 0.05) is 23.2 Å². The topological polar surface area (TPSA) is 106 Å². The first-order chi connectivity index (χ1) is 13.2. The molecule has 0 aliphatic rings. The Morgan fingerprint density at radius 3 is 2.61 bits per heavy atom. The number of para-hydroxylation sites is 1. The van der Waals surface area contributed by atoms with Gasteiger partial charge in [-0.25, -0.2) is 18.1 Å². The van der Waals surface area contributed by atoms with Crippen LogP contribution in [0.3, 0.4) is 0 Å². The predicted molar refractivity (Wildman–Crippen MR) is 109 cm³/mol. The first-order valence-corrected chi connectivity index (χ1v) is 11.3. The summed E-state index contributed by atoms with van der Waals surface area (Å²) in [5, 5.41) is 9.37. The van der Waals surface area contributed by atoms with Crippen LogP contribution in [0.2, 0.25) is 0 Å². The van der Waals surface area contributed by atoms with E-state index < -0.39 is 10.0 Å². The van der Waals surface area contributed by atoms with E-state index in [-0.39, 0.29) is 17.5 Å². The highest BCUT2D eigenvalue weighted by atomic mass is 32.2. The van der Waals surface area contributed by atoms with Gasteiger partial charge in [-0.05, 0) is 26.0 Å². The number of carbonyl (C=O) groups is 1. The number of anilines is 1. The summed E-state index contributed by atoms with van der Waals surface area (Å²) in [5.41, 5.74) is 4.28. The predicted octanol–water partition coefficient (Wildman–Crippen LogP) is 2.18. The zero-order valence-corrected chi connectivity index (χ0v) is 17.4. The van der Waals surface area contributed by atoms with Gasteiger partial charge in [-0.1, -0.05) is 18.2 Å². The summed E-state index contributed by atoms with van der Waals surface area (Å²) in [6, 6.07) is 9.81. The monoisotopic (exact) mass is 419 g/mol. The molecule has 0 fully saturated rings. The molecule has 0 aliphatic heterocycles. The Morgan fingerprint density at radius 2 is 1.93 bits per heavy atom. The van der Waals surface area contributed by atoms with Gasteiger partial charge in [0.2, 0.25) is 15.9 Å². The number of thiazole rings is 1. The van der Waals surface area contributed by atoms with Gasteiger partial charge in [0.15, 0.2) is 5.13 Å². The van der Waals surface area contributed by atoms with Gasteiger partial charge >= 0.3 is 0 Å². The fraction of sp³-hybridized carbons (Fsp3) is 0.278. The largest absolute Gasteiger partial charge is 0.352 e. The van der Waals surface area contributed by atoms with E-state index in [1.54, 1.807) is 5.38 Å². The van der Waals surface area contributed by atoms with Crippen molar-refractivity contribution in [3.63, 3.8) is 0 Å². The van der Waals surface area contributed by atoms with Crippen LogP contribution in [0.4, 0.5) is 5.13 Å². The molecule has 0 aliphatic carbocycles. The van der Waals surface area contributed by atoms with Gasteiger partial charge < -0.3 is 5.32 Å². The Balaban J connectivity index is 1.63. The number of hydrogen-bond acceptors (Lipinski definition) is 6. The lowest BCUT2D eigenvalue weighted by Crippen LogP contribution is -2.25. The Hall–Kier alpha value is -2.72. The third kappa shape index (κ3) is 4.96. The number of rotatable bonds is 7. The van der Waals surface area contributed by atoms with Gasteiger partial charge in [0.05, 0.1) is 29.8 Å². The Kier molecular flexibility index (Phi) is 5.80. The second-order valence-electron chi connectivity index (χ2n) is 6.37. The number of aromatic nitrogens is 3. The summed E-state index contributed by atoms with van der Waals surface area (Å²) in [5.74, 6) is -0.192. The second kappa shape index (κ2) is 8.11. The van der Waals surface area contributed by atoms with Crippen LogP contribution >= 0.6 is 11.3 Å². The fourth-order valence-corrected chi connectivity index (χ4v) is 4.32. The van der Waals surface area contributed by atoms with Crippen molar-refractivity contribution in [2.24, 2.45) is 0 Å². The first kappa shape index (κ1) is 20.0. The lowest BCUT2D eigenvalue weighted by atomic mass is 10.2. The number of hydrogen-bond donors (Lipinski definition) is 2. The van der Waals surface area contributed by atoms with Crippen LogP contribution in [0.5, 0.6) is 0 Å². The molecule has 1 amide bonds. The van der Waals surface area contributed by atoms with Crippen molar-refractivity contribution in [3.8, 4) is 5.69 Å².